The molecule has 3 rings (SSSR count). The van der Waals surface area contributed by atoms with Crippen molar-refractivity contribution < 1.29 is 9.53 Å². The van der Waals surface area contributed by atoms with Gasteiger partial charge in [0, 0.05) is 12.8 Å². The molecule has 0 N–H and O–H groups in total. The van der Waals surface area contributed by atoms with Crippen molar-refractivity contribution in [1.29, 1.82) is 0 Å². The third-order valence-corrected chi connectivity index (χ3v) is 9.09. The van der Waals surface area contributed by atoms with Crippen LogP contribution in [-0.4, -0.2) is 12.1 Å². The Labute approximate surface area is 204 Å². The summed E-state index contributed by atoms with van der Waals surface area (Å²) in [6.07, 6.45) is 19.8. The average molecular weight is 455 g/mol. The number of carbonyl (C=O) groups is 1. The number of rotatable bonds is 9. The molecule has 3 aliphatic rings. The first kappa shape index (κ1) is 26.3. The van der Waals surface area contributed by atoms with Gasteiger partial charge in [-0.3, -0.25) is 4.79 Å². The Morgan fingerprint density at radius 2 is 1.94 bits per heavy atom. The third kappa shape index (κ3) is 6.64. The van der Waals surface area contributed by atoms with E-state index < -0.39 is 0 Å². The summed E-state index contributed by atoms with van der Waals surface area (Å²) in [5.41, 5.74) is 4.68. The molecule has 2 heteroatoms. The highest BCUT2D eigenvalue weighted by atomic mass is 16.5. The van der Waals surface area contributed by atoms with Crippen LogP contribution in [0.5, 0.6) is 0 Å². The fourth-order valence-corrected chi connectivity index (χ4v) is 7.19. The summed E-state index contributed by atoms with van der Waals surface area (Å²) in [6, 6.07) is 0. The topological polar surface area (TPSA) is 26.3 Å². The number of fused-ring (bicyclic) bond motifs is 1. The first-order valence-electron chi connectivity index (χ1n) is 14.0. The Balaban J connectivity index is 1.67. The molecule has 0 aromatic heterocycles. The summed E-state index contributed by atoms with van der Waals surface area (Å²) in [6.45, 7) is 16.2. The largest absolute Gasteiger partial charge is 0.462 e. The van der Waals surface area contributed by atoms with Gasteiger partial charge < -0.3 is 4.74 Å². The number of hydrogen-bond acceptors (Lipinski definition) is 2. The van der Waals surface area contributed by atoms with E-state index in [4.69, 9.17) is 4.74 Å². The first-order chi connectivity index (χ1) is 15.7. The van der Waals surface area contributed by atoms with Crippen molar-refractivity contribution in [3.05, 3.63) is 35.5 Å². The summed E-state index contributed by atoms with van der Waals surface area (Å²) in [5, 5.41) is 0. The van der Waals surface area contributed by atoms with Crippen molar-refractivity contribution in [2.45, 2.75) is 124 Å². The number of ether oxygens (including phenoxy) is 1. The van der Waals surface area contributed by atoms with Crippen molar-refractivity contribution in [3.63, 3.8) is 0 Å². The number of esters is 1. The molecule has 0 unspecified atom stereocenters. The van der Waals surface area contributed by atoms with Gasteiger partial charge in [-0.15, -0.1) is 0 Å². The maximum absolute atomic E-state index is 12.0. The molecule has 33 heavy (non-hydrogen) atoms. The molecule has 3 aliphatic carbocycles. The second kappa shape index (κ2) is 11.9. The monoisotopic (exact) mass is 454 g/mol. The van der Waals surface area contributed by atoms with E-state index in [-0.39, 0.29) is 12.1 Å². The molecule has 5 atom stereocenters. The Hall–Kier alpha value is -1.31. The highest BCUT2D eigenvalue weighted by molar-refractivity contribution is 5.69. The summed E-state index contributed by atoms with van der Waals surface area (Å²) >= 11 is 0. The molecule has 0 aromatic rings. The van der Waals surface area contributed by atoms with E-state index in [1.807, 2.05) is 6.92 Å². The smallest absolute Gasteiger partial charge is 0.306 e. The van der Waals surface area contributed by atoms with E-state index in [1.54, 1.807) is 5.57 Å². The summed E-state index contributed by atoms with van der Waals surface area (Å²) in [5.74, 6) is 3.24. The van der Waals surface area contributed by atoms with Gasteiger partial charge in [-0.1, -0.05) is 83.8 Å². The molecule has 0 spiro atoms. The van der Waals surface area contributed by atoms with Crippen LogP contribution in [0.4, 0.5) is 0 Å². The van der Waals surface area contributed by atoms with Crippen LogP contribution in [0.3, 0.4) is 0 Å². The van der Waals surface area contributed by atoms with E-state index in [0.717, 1.165) is 49.4 Å². The van der Waals surface area contributed by atoms with E-state index in [9.17, 15) is 4.79 Å². The molecule has 0 amide bonds. The number of carbonyl (C=O) groups excluding carboxylic acids is 1. The molecule has 3 saturated carbocycles. The molecule has 3 fully saturated rings. The van der Waals surface area contributed by atoms with Gasteiger partial charge >= 0.3 is 5.97 Å². The number of allylic oxidation sites excluding steroid dienone is 4. The van der Waals surface area contributed by atoms with Gasteiger partial charge in [-0.25, -0.2) is 0 Å². The fraction of sp³-hybridized carbons (Fsp3) is 0.774. The van der Waals surface area contributed by atoms with Crippen molar-refractivity contribution in [1.82, 2.24) is 0 Å². The molecule has 0 aliphatic heterocycles. The van der Waals surface area contributed by atoms with Gasteiger partial charge in [0.2, 0.25) is 0 Å². The van der Waals surface area contributed by atoms with Crippen LogP contribution >= 0.6 is 0 Å². The fourth-order valence-electron chi connectivity index (χ4n) is 7.19. The lowest BCUT2D eigenvalue weighted by molar-refractivity contribution is -0.149. The first-order valence-corrected chi connectivity index (χ1v) is 14.0. The second-order valence-electron chi connectivity index (χ2n) is 12.0. The zero-order valence-electron chi connectivity index (χ0n) is 22.3. The zero-order valence-corrected chi connectivity index (χ0v) is 22.3. The third-order valence-electron chi connectivity index (χ3n) is 9.09. The van der Waals surface area contributed by atoms with Gasteiger partial charge in [0.15, 0.2) is 0 Å². The van der Waals surface area contributed by atoms with Gasteiger partial charge in [0.1, 0.15) is 6.10 Å². The van der Waals surface area contributed by atoms with E-state index in [1.165, 1.54) is 62.5 Å². The maximum atomic E-state index is 12.0. The Morgan fingerprint density at radius 1 is 1.15 bits per heavy atom. The van der Waals surface area contributed by atoms with Gasteiger partial charge in [0.05, 0.1) is 0 Å². The van der Waals surface area contributed by atoms with Crippen molar-refractivity contribution >= 4 is 5.97 Å². The molecule has 186 valence electrons. The molecule has 0 radical (unpaired) electrons. The second-order valence-corrected chi connectivity index (χ2v) is 12.0. The predicted molar refractivity (Wildman–Crippen MR) is 140 cm³/mol. The minimum atomic E-state index is -0.0460. The minimum absolute atomic E-state index is 0.0263. The summed E-state index contributed by atoms with van der Waals surface area (Å²) in [4.78, 5) is 12.0. The molecule has 0 aromatic carbocycles. The minimum Gasteiger partial charge on any atom is -0.462 e. The summed E-state index contributed by atoms with van der Waals surface area (Å²) in [7, 11) is 0. The lowest BCUT2D eigenvalue weighted by Gasteiger charge is -2.44. The van der Waals surface area contributed by atoms with Gasteiger partial charge in [-0.2, -0.15) is 0 Å². The molecule has 2 nitrogen and oxygen atoms in total. The molecule has 0 bridgehead atoms. The van der Waals surface area contributed by atoms with Crippen LogP contribution in [0.2, 0.25) is 0 Å². The maximum Gasteiger partial charge on any atom is 0.306 e. The van der Waals surface area contributed by atoms with Crippen LogP contribution in [-0.2, 0) is 9.53 Å². The van der Waals surface area contributed by atoms with Crippen molar-refractivity contribution in [2.24, 2.45) is 29.1 Å². The SMILES string of the molecule is C=C1CC[C@H](OC(=O)CCC)C/C1=C/C=C1\CCC[C@]2(C)[C@@H]([C@H](C)CCCC(C)C)CC[C@@H]12. The van der Waals surface area contributed by atoms with Crippen molar-refractivity contribution in [2.75, 3.05) is 0 Å². The lowest BCUT2D eigenvalue weighted by atomic mass is 9.60. The van der Waals surface area contributed by atoms with Crippen LogP contribution in [0, 0.1) is 29.1 Å². The van der Waals surface area contributed by atoms with Gasteiger partial charge in [0.25, 0.3) is 0 Å². The molecule has 0 heterocycles. The van der Waals surface area contributed by atoms with Crippen LogP contribution < -0.4 is 0 Å². The number of hydrogen-bond donors (Lipinski definition) is 0. The van der Waals surface area contributed by atoms with Crippen LogP contribution in [0.25, 0.3) is 0 Å². The van der Waals surface area contributed by atoms with E-state index >= 15 is 0 Å². The Morgan fingerprint density at radius 3 is 2.67 bits per heavy atom. The molecule has 0 saturated heterocycles. The molecular formula is C31H50O2. The van der Waals surface area contributed by atoms with E-state index in [0.29, 0.717) is 11.8 Å². The van der Waals surface area contributed by atoms with Crippen LogP contribution in [0.1, 0.15) is 118 Å². The van der Waals surface area contributed by atoms with Gasteiger partial charge in [-0.05, 0) is 86.0 Å². The Kier molecular flexibility index (Phi) is 9.48. The predicted octanol–water partition coefficient (Wildman–Crippen LogP) is 8.97. The molecular weight excluding hydrogens is 404 g/mol. The summed E-state index contributed by atoms with van der Waals surface area (Å²) < 4.78 is 5.73. The normalized spacial score (nSPS) is 33.5. The Bertz CT molecular complexity index is 742. The lowest BCUT2D eigenvalue weighted by Crippen LogP contribution is -2.36. The highest BCUT2D eigenvalue weighted by Crippen LogP contribution is 2.60. The zero-order chi connectivity index (χ0) is 24.0. The highest BCUT2D eigenvalue weighted by Gasteiger charge is 2.50. The van der Waals surface area contributed by atoms with Crippen LogP contribution in [0.15, 0.2) is 35.5 Å². The average Bonchev–Trinajstić information content (AvgIpc) is 3.11. The van der Waals surface area contributed by atoms with Crippen molar-refractivity contribution in [3.8, 4) is 0 Å². The standard InChI is InChI=1S/C31H50O2/c1-7-10-30(32)33-27-17-14-23(4)26(21-27)16-15-25-13-9-20-31(6)28(18-19-29(25)31)24(5)12-8-11-22(2)3/h15-16,22,24,27-29H,4,7-14,17-21H2,1-3,5-6H3/b25-15+,26-16-/t24-,27+,28-,29+,31-/m1/s1. The van der Waals surface area contributed by atoms with E-state index in [2.05, 4.69) is 46.4 Å². The quantitative estimate of drug-likeness (QED) is 0.325.